The van der Waals surface area contributed by atoms with Crippen LogP contribution in [0.5, 0.6) is 0 Å². The highest BCUT2D eigenvalue weighted by Gasteiger charge is 2.16. The molecule has 0 aromatic carbocycles. The lowest BCUT2D eigenvalue weighted by atomic mass is 9.89. The molecule has 1 aliphatic rings. The largest absolute Gasteiger partial charge is 0.369 e. The van der Waals surface area contributed by atoms with E-state index in [1.54, 1.807) is 0 Å². The molecule has 1 fully saturated rings. The highest BCUT2D eigenvalue weighted by Crippen LogP contribution is 2.26. The molecule has 0 radical (unpaired) electrons. The van der Waals surface area contributed by atoms with Gasteiger partial charge in [0.2, 0.25) is 0 Å². The van der Waals surface area contributed by atoms with Crippen LogP contribution >= 0.6 is 0 Å². The van der Waals surface area contributed by atoms with Crippen molar-refractivity contribution in [2.75, 3.05) is 17.3 Å². The number of nitrogen functional groups attached to an aromatic ring is 1. The van der Waals surface area contributed by atoms with Crippen LogP contribution in [-0.2, 0) is 0 Å². The van der Waals surface area contributed by atoms with Crippen molar-refractivity contribution in [2.24, 2.45) is 11.8 Å². The molecule has 0 spiro atoms. The zero-order valence-corrected chi connectivity index (χ0v) is 12.9. The first-order chi connectivity index (χ1) is 9.61. The number of aromatic nitrogens is 2. The third-order valence-electron chi connectivity index (χ3n) is 4.10. The first-order valence-electron chi connectivity index (χ1n) is 7.70. The molecule has 5 heteroatoms. The van der Waals surface area contributed by atoms with Crippen molar-refractivity contribution in [1.29, 1.82) is 0 Å². The number of rotatable bonds is 5. The summed E-state index contributed by atoms with van der Waals surface area (Å²) in [5.41, 5.74) is 3.67. The number of hydrazine groups is 1. The minimum Gasteiger partial charge on any atom is -0.369 e. The standard InChI is InChI=1S/C15H27N5/c1-10(2)13-18-14(11(3)15(19-13)20-16)17-9-12-7-5-4-6-8-12/h10,12H,4-9,16H2,1-3H3,(H2,17,18,19,20). The van der Waals surface area contributed by atoms with E-state index in [1.165, 1.54) is 32.1 Å². The van der Waals surface area contributed by atoms with Crippen molar-refractivity contribution in [3.63, 3.8) is 0 Å². The topological polar surface area (TPSA) is 75.9 Å². The molecule has 5 nitrogen and oxygen atoms in total. The molecular weight excluding hydrogens is 250 g/mol. The van der Waals surface area contributed by atoms with Gasteiger partial charge in [-0.25, -0.2) is 15.8 Å². The van der Waals surface area contributed by atoms with Gasteiger partial charge in [0, 0.05) is 18.0 Å². The van der Waals surface area contributed by atoms with Gasteiger partial charge in [0.1, 0.15) is 17.5 Å². The molecule has 1 heterocycles. The third-order valence-corrected chi connectivity index (χ3v) is 4.10. The Hall–Kier alpha value is -1.36. The van der Waals surface area contributed by atoms with Crippen molar-refractivity contribution in [3.8, 4) is 0 Å². The molecular formula is C15H27N5. The predicted molar refractivity (Wildman–Crippen MR) is 83.7 cm³/mol. The molecule has 1 aliphatic carbocycles. The fourth-order valence-electron chi connectivity index (χ4n) is 2.74. The Kier molecular flexibility index (Phi) is 5.17. The van der Waals surface area contributed by atoms with Crippen LogP contribution in [0.1, 0.15) is 63.3 Å². The van der Waals surface area contributed by atoms with E-state index in [4.69, 9.17) is 5.84 Å². The Labute approximate surface area is 121 Å². The summed E-state index contributed by atoms with van der Waals surface area (Å²) in [4.78, 5) is 9.11. The SMILES string of the molecule is Cc1c(NN)nc(C(C)C)nc1NCC1CCCCC1. The van der Waals surface area contributed by atoms with Crippen molar-refractivity contribution >= 4 is 11.6 Å². The number of nitrogens with two attached hydrogens (primary N) is 1. The molecule has 4 N–H and O–H groups in total. The second kappa shape index (κ2) is 6.88. The van der Waals surface area contributed by atoms with Crippen LogP contribution in [0, 0.1) is 12.8 Å². The molecule has 0 aliphatic heterocycles. The maximum absolute atomic E-state index is 5.56. The highest BCUT2D eigenvalue weighted by molar-refractivity contribution is 5.56. The van der Waals surface area contributed by atoms with Gasteiger partial charge in [-0.3, -0.25) is 0 Å². The van der Waals surface area contributed by atoms with E-state index >= 15 is 0 Å². The van der Waals surface area contributed by atoms with Crippen molar-refractivity contribution in [1.82, 2.24) is 9.97 Å². The lowest BCUT2D eigenvalue weighted by Gasteiger charge is -2.23. The van der Waals surface area contributed by atoms with Gasteiger partial charge in [-0.2, -0.15) is 0 Å². The van der Waals surface area contributed by atoms with Crippen LogP contribution in [0.15, 0.2) is 0 Å². The Bertz CT molecular complexity index is 438. The zero-order chi connectivity index (χ0) is 14.5. The van der Waals surface area contributed by atoms with E-state index in [2.05, 4.69) is 34.6 Å². The molecule has 112 valence electrons. The lowest BCUT2D eigenvalue weighted by Crippen LogP contribution is -2.20. The second-order valence-corrected chi connectivity index (χ2v) is 6.09. The van der Waals surface area contributed by atoms with E-state index in [1.807, 2.05) is 6.92 Å². The molecule has 0 atom stereocenters. The smallest absolute Gasteiger partial charge is 0.148 e. The van der Waals surface area contributed by atoms with Gasteiger partial charge in [-0.15, -0.1) is 0 Å². The summed E-state index contributed by atoms with van der Waals surface area (Å²) in [5, 5.41) is 3.51. The number of nitrogens with zero attached hydrogens (tertiary/aromatic N) is 2. The van der Waals surface area contributed by atoms with E-state index in [0.717, 1.165) is 35.5 Å². The van der Waals surface area contributed by atoms with Gasteiger partial charge in [-0.05, 0) is 25.7 Å². The molecule has 1 aromatic heterocycles. The van der Waals surface area contributed by atoms with Crippen LogP contribution in [0.3, 0.4) is 0 Å². The van der Waals surface area contributed by atoms with Gasteiger partial charge in [0.25, 0.3) is 0 Å². The number of anilines is 2. The van der Waals surface area contributed by atoms with Crippen molar-refractivity contribution < 1.29 is 0 Å². The Morgan fingerprint density at radius 1 is 1.15 bits per heavy atom. The number of nitrogens with one attached hydrogen (secondary N) is 2. The summed E-state index contributed by atoms with van der Waals surface area (Å²) in [7, 11) is 0. The summed E-state index contributed by atoms with van der Waals surface area (Å²) in [6.07, 6.45) is 6.78. The third kappa shape index (κ3) is 3.60. The average molecular weight is 277 g/mol. The summed E-state index contributed by atoms with van der Waals surface area (Å²) in [6, 6.07) is 0. The molecule has 20 heavy (non-hydrogen) atoms. The van der Waals surface area contributed by atoms with Gasteiger partial charge < -0.3 is 10.7 Å². The first-order valence-corrected chi connectivity index (χ1v) is 7.70. The molecule has 0 unspecified atom stereocenters. The maximum Gasteiger partial charge on any atom is 0.148 e. The number of hydrogen-bond donors (Lipinski definition) is 3. The summed E-state index contributed by atoms with van der Waals surface area (Å²) in [5.74, 6) is 9.09. The minimum absolute atomic E-state index is 0.290. The first kappa shape index (κ1) is 15.0. The quantitative estimate of drug-likeness (QED) is 0.569. The fraction of sp³-hybridized carbons (Fsp3) is 0.733. The Morgan fingerprint density at radius 2 is 1.80 bits per heavy atom. The van der Waals surface area contributed by atoms with Gasteiger partial charge in [-0.1, -0.05) is 33.1 Å². The van der Waals surface area contributed by atoms with E-state index in [-0.39, 0.29) is 5.92 Å². The molecule has 0 bridgehead atoms. The van der Waals surface area contributed by atoms with Crippen LogP contribution in [-0.4, -0.2) is 16.5 Å². The van der Waals surface area contributed by atoms with Crippen molar-refractivity contribution in [2.45, 2.75) is 58.8 Å². The Balaban J connectivity index is 2.10. The Morgan fingerprint density at radius 3 is 2.40 bits per heavy atom. The normalized spacial score (nSPS) is 16.4. The average Bonchev–Trinajstić information content (AvgIpc) is 2.47. The molecule has 0 saturated heterocycles. The summed E-state index contributed by atoms with van der Waals surface area (Å²) >= 11 is 0. The molecule has 1 saturated carbocycles. The second-order valence-electron chi connectivity index (χ2n) is 6.09. The van der Waals surface area contributed by atoms with Gasteiger partial charge in [0.15, 0.2) is 0 Å². The van der Waals surface area contributed by atoms with Crippen LogP contribution in [0.2, 0.25) is 0 Å². The maximum atomic E-state index is 5.56. The van der Waals surface area contributed by atoms with E-state index in [0.29, 0.717) is 0 Å². The minimum atomic E-state index is 0.290. The van der Waals surface area contributed by atoms with E-state index in [9.17, 15) is 0 Å². The fourth-order valence-corrected chi connectivity index (χ4v) is 2.74. The van der Waals surface area contributed by atoms with Crippen LogP contribution in [0.4, 0.5) is 11.6 Å². The van der Waals surface area contributed by atoms with Crippen LogP contribution < -0.4 is 16.6 Å². The van der Waals surface area contributed by atoms with Crippen molar-refractivity contribution in [3.05, 3.63) is 11.4 Å². The predicted octanol–water partition coefficient (Wildman–Crippen LogP) is 3.19. The van der Waals surface area contributed by atoms with Gasteiger partial charge in [0.05, 0.1) is 0 Å². The van der Waals surface area contributed by atoms with E-state index < -0.39 is 0 Å². The van der Waals surface area contributed by atoms with Gasteiger partial charge >= 0.3 is 0 Å². The zero-order valence-electron chi connectivity index (χ0n) is 12.9. The number of hydrogen-bond acceptors (Lipinski definition) is 5. The molecule has 2 rings (SSSR count). The lowest BCUT2D eigenvalue weighted by molar-refractivity contribution is 0.373. The van der Waals surface area contributed by atoms with Crippen LogP contribution in [0.25, 0.3) is 0 Å². The summed E-state index contributed by atoms with van der Waals surface area (Å²) in [6.45, 7) is 7.19. The highest BCUT2D eigenvalue weighted by atomic mass is 15.3. The molecule has 0 amide bonds. The monoisotopic (exact) mass is 277 g/mol. The molecule has 1 aromatic rings. The summed E-state index contributed by atoms with van der Waals surface area (Å²) < 4.78 is 0.